The Morgan fingerprint density at radius 2 is 1.85 bits per heavy atom. The topological polar surface area (TPSA) is 58.8 Å². The van der Waals surface area contributed by atoms with Crippen molar-refractivity contribution in [3.05, 3.63) is 0 Å². The van der Waals surface area contributed by atoms with Gasteiger partial charge in [-0.3, -0.25) is 9.69 Å². The Morgan fingerprint density at radius 1 is 1.20 bits per heavy atom. The molecule has 0 aromatic rings. The van der Waals surface area contributed by atoms with Crippen molar-refractivity contribution in [2.45, 2.75) is 31.2 Å². The monoisotopic (exact) mass is 295 g/mol. The van der Waals surface area contributed by atoms with Gasteiger partial charge in [-0.2, -0.15) is 13.2 Å². The van der Waals surface area contributed by atoms with Crippen LogP contribution < -0.4 is 5.73 Å². The predicted octanol–water partition coefficient (Wildman–Crippen LogP) is 0.199. The summed E-state index contributed by atoms with van der Waals surface area (Å²) in [6.45, 7) is 0.619. The Bertz CT molecular complexity index is 343. The second-order valence-corrected chi connectivity index (χ2v) is 5.28. The molecule has 8 heteroatoms. The van der Waals surface area contributed by atoms with E-state index in [1.165, 1.54) is 4.90 Å². The third-order valence-electron chi connectivity index (χ3n) is 3.73. The van der Waals surface area contributed by atoms with Crippen molar-refractivity contribution in [2.75, 3.05) is 39.3 Å². The Balaban J connectivity index is 1.77. The van der Waals surface area contributed by atoms with Crippen LogP contribution in [0.15, 0.2) is 0 Å². The number of halogens is 3. The molecule has 0 aliphatic carbocycles. The highest BCUT2D eigenvalue weighted by Gasteiger charge is 2.36. The van der Waals surface area contributed by atoms with E-state index in [9.17, 15) is 18.0 Å². The number of carbonyl (C=O) groups is 1. The number of nitrogens with two attached hydrogens (primary N) is 1. The number of rotatable bonds is 3. The van der Waals surface area contributed by atoms with Crippen molar-refractivity contribution >= 4 is 5.91 Å². The van der Waals surface area contributed by atoms with Gasteiger partial charge in [0, 0.05) is 32.7 Å². The van der Waals surface area contributed by atoms with E-state index in [4.69, 9.17) is 10.5 Å². The second kappa shape index (κ2) is 6.28. The van der Waals surface area contributed by atoms with Crippen molar-refractivity contribution in [2.24, 2.45) is 5.73 Å². The number of alkyl halides is 3. The zero-order valence-electron chi connectivity index (χ0n) is 11.2. The molecule has 2 rings (SSSR count). The summed E-state index contributed by atoms with van der Waals surface area (Å²) < 4.78 is 42.3. The molecule has 0 aromatic heterocycles. The molecule has 2 unspecified atom stereocenters. The zero-order chi connectivity index (χ0) is 14.8. The zero-order valence-corrected chi connectivity index (χ0v) is 11.2. The first-order chi connectivity index (χ1) is 9.39. The molecule has 0 bridgehead atoms. The van der Waals surface area contributed by atoms with Crippen LogP contribution in [0.3, 0.4) is 0 Å². The van der Waals surface area contributed by atoms with Gasteiger partial charge >= 0.3 is 6.18 Å². The summed E-state index contributed by atoms with van der Waals surface area (Å²) in [5, 5.41) is 0. The summed E-state index contributed by atoms with van der Waals surface area (Å²) >= 11 is 0. The number of amides is 1. The van der Waals surface area contributed by atoms with Crippen LogP contribution in [-0.2, 0) is 9.53 Å². The van der Waals surface area contributed by atoms with E-state index >= 15 is 0 Å². The molecular weight excluding hydrogens is 275 g/mol. The van der Waals surface area contributed by atoms with Gasteiger partial charge in [-0.1, -0.05) is 0 Å². The van der Waals surface area contributed by atoms with Crippen LogP contribution in [0.1, 0.15) is 12.8 Å². The van der Waals surface area contributed by atoms with Crippen LogP contribution in [0, 0.1) is 0 Å². The maximum Gasteiger partial charge on any atom is 0.401 e. The third kappa shape index (κ3) is 4.07. The molecule has 2 heterocycles. The molecule has 0 spiro atoms. The standard InChI is InChI=1S/C12H20F3N3O2/c13-12(14,15)8-17-3-5-18(6-4-17)11(19)10-2-1-9(7-16)20-10/h9-10H,1-8,16H2. The summed E-state index contributed by atoms with van der Waals surface area (Å²) in [5.41, 5.74) is 5.49. The predicted molar refractivity (Wildman–Crippen MR) is 66.0 cm³/mol. The van der Waals surface area contributed by atoms with E-state index in [2.05, 4.69) is 0 Å². The van der Waals surface area contributed by atoms with Crippen LogP contribution in [0.25, 0.3) is 0 Å². The van der Waals surface area contributed by atoms with Crippen molar-refractivity contribution in [1.29, 1.82) is 0 Å². The number of ether oxygens (including phenoxy) is 1. The fourth-order valence-corrected chi connectivity index (χ4v) is 2.64. The lowest BCUT2D eigenvalue weighted by atomic mass is 10.1. The number of hydrogen-bond donors (Lipinski definition) is 1. The quantitative estimate of drug-likeness (QED) is 0.808. The minimum Gasteiger partial charge on any atom is -0.364 e. The number of hydrogen-bond acceptors (Lipinski definition) is 4. The maximum absolute atomic E-state index is 12.3. The molecule has 0 saturated carbocycles. The van der Waals surface area contributed by atoms with Crippen LogP contribution in [-0.4, -0.2) is 73.4 Å². The van der Waals surface area contributed by atoms with Gasteiger partial charge in [0.2, 0.25) is 0 Å². The molecule has 2 aliphatic rings. The Labute approximate surface area is 115 Å². The average Bonchev–Trinajstić information content (AvgIpc) is 2.85. The molecular formula is C12H20F3N3O2. The Hall–Kier alpha value is -0.860. The summed E-state index contributed by atoms with van der Waals surface area (Å²) in [7, 11) is 0. The van der Waals surface area contributed by atoms with Crippen LogP contribution >= 0.6 is 0 Å². The van der Waals surface area contributed by atoms with Crippen LogP contribution in [0.4, 0.5) is 13.2 Å². The molecule has 2 saturated heterocycles. The molecule has 20 heavy (non-hydrogen) atoms. The highest BCUT2D eigenvalue weighted by Crippen LogP contribution is 2.22. The van der Waals surface area contributed by atoms with Gasteiger partial charge in [0.05, 0.1) is 12.6 Å². The lowest BCUT2D eigenvalue weighted by molar-refractivity contribution is -0.155. The first kappa shape index (κ1) is 15.5. The fraction of sp³-hybridized carbons (Fsp3) is 0.917. The van der Waals surface area contributed by atoms with Gasteiger partial charge in [0.25, 0.3) is 5.91 Å². The number of carbonyl (C=O) groups excluding carboxylic acids is 1. The molecule has 5 nitrogen and oxygen atoms in total. The Morgan fingerprint density at radius 3 is 2.35 bits per heavy atom. The average molecular weight is 295 g/mol. The van der Waals surface area contributed by atoms with E-state index < -0.39 is 18.8 Å². The minimum atomic E-state index is -4.19. The maximum atomic E-state index is 12.3. The van der Waals surface area contributed by atoms with Gasteiger partial charge in [0.1, 0.15) is 6.10 Å². The molecule has 1 amide bonds. The van der Waals surface area contributed by atoms with E-state index in [-0.39, 0.29) is 25.1 Å². The fourth-order valence-electron chi connectivity index (χ4n) is 2.64. The number of piperazine rings is 1. The van der Waals surface area contributed by atoms with E-state index in [0.717, 1.165) is 6.42 Å². The second-order valence-electron chi connectivity index (χ2n) is 5.28. The van der Waals surface area contributed by atoms with Gasteiger partial charge in [-0.25, -0.2) is 0 Å². The highest BCUT2D eigenvalue weighted by atomic mass is 19.4. The summed E-state index contributed by atoms with van der Waals surface area (Å²) in [6, 6.07) is 0. The molecule has 116 valence electrons. The molecule has 2 atom stereocenters. The molecule has 0 radical (unpaired) electrons. The van der Waals surface area contributed by atoms with E-state index in [1.807, 2.05) is 0 Å². The van der Waals surface area contributed by atoms with Crippen molar-refractivity contribution in [1.82, 2.24) is 9.80 Å². The van der Waals surface area contributed by atoms with Crippen molar-refractivity contribution in [3.8, 4) is 0 Å². The lowest BCUT2D eigenvalue weighted by Crippen LogP contribution is -2.53. The Kier molecular flexibility index (Phi) is 4.87. The lowest BCUT2D eigenvalue weighted by Gasteiger charge is -2.36. The van der Waals surface area contributed by atoms with E-state index in [0.29, 0.717) is 26.1 Å². The van der Waals surface area contributed by atoms with Gasteiger partial charge in [-0.05, 0) is 12.8 Å². The largest absolute Gasteiger partial charge is 0.401 e. The molecule has 2 aliphatic heterocycles. The summed E-state index contributed by atoms with van der Waals surface area (Å²) in [4.78, 5) is 15.1. The molecule has 0 aromatic carbocycles. The van der Waals surface area contributed by atoms with Gasteiger partial charge in [-0.15, -0.1) is 0 Å². The third-order valence-corrected chi connectivity index (χ3v) is 3.73. The summed E-state index contributed by atoms with van der Waals surface area (Å²) in [5.74, 6) is -0.118. The number of nitrogens with zero attached hydrogens (tertiary/aromatic N) is 2. The first-order valence-corrected chi connectivity index (χ1v) is 6.82. The highest BCUT2D eigenvalue weighted by molar-refractivity contribution is 5.81. The minimum absolute atomic E-state index is 0.0736. The molecule has 2 N–H and O–H groups in total. The van der Waals surface area contributed by atoms with Crippen molar-refractivity contribution in [3.63, 3.8) is 0 Å². The SMILES string of the molecule is NCC1CCC(C(=O)N2CCN(CC(F)(F)F)CC2)O1. The normalized spacial score (nSPS) is 28.9. The smallest absolute Gasteiger partial charge is 0.364 e. The van der Waals surface area contributed by atoms with Crippen LogP contribution in [0.5, 0.6) is 0 Å². The van der Waals surface area contributed by atoms with Gasteiger partial charge < -0.3 is 15.4 Å². The van der Waals surface area contributed by atoms with Crippen LogP contribution in [0.2, 0.25) is 0 Å². The summed E-state index contributed by atoms with van der Waals surface area (Å²) in [6.07, 6.45) is -3.33. The first-order valence-electron chi connectivity index (χ1n) is 6.82. The van der Waals surface area contributed by atoms with E-state index in [1.54, 1.807) is 4.90 Å². The van der Waals surface area contributed by atoms with Crippen molar-refractivity contribution < 1.29 is 22.7 Å². The van der Waals surface area contributed by atoms with Gasteiger partial charge in [0.15, 0.2) is 0 Å². The molecule has 2 fully saturated rings.